The molecular weight excluding hydrogens is 330 g/mol. The van der Waals surface area contributed by atoms with E-state index in [4.69, 9.17) is 16.3 Å². The van der Waals surface area contributed by atoms with Crippen LogP contribution in [-0.2, 0) is 9.59 Å². The molecule has 0 aliphatic rings. The van der Waals surface area contributed by atoms with E-state index in [2.05, 4.69) is 15.6 Å². The molecule has 0 atom stereocenters. The first-order valence-electron chi connectivity index (χ1n) is 7.50. The summed E-state index contributed by atoms with van der Waals surface area (Å²) in [5, 5.41) is 6.59. The van der Waals surface area contributed by atoms with E-state index in [1.165, 1.54) is 0 Å². The summed E-state index contributed by atoms with van der Waals surface area (Å²) in [4.78, 5) is 27.7. The number of carbonyl (C=O) groups is 2. The monoisotopic (exact) mass is 349 g/mol. The van der Waals surface area contributed by atoms with Gasteiger partial charge in [0.05, 0.1) is 11.6 Å². The highest BCUT2D eigenvalue weighted by atomic mass is 35.5. The van der Waals surface area contributed by atoms with E-state index in [1.807, 2.05) is 26.8 Å². The molecule has 0 saturated carbocycles. The van der Waals surface area contributed by atoms with Crippen molar-refractivity contribution in [2.24, 2.45) is 0 Å². The van der Waals surface area contributed by atoms with E-state index >= 15 is 0 Å². The number of benzene rings is 1. The number of rotatable bonds is 5. The van der Waals surface area contributed by atoms with Crippen molar-refractivity contribution in [3.63, 3.8) is 0 Å². The Kier molecular flexibility index (Phi) is 5.62. The van der Waals surface area contributed by atoms with Gasteiger partial charge in [0.1, 0.15) is 11.3 Å². The van der Waals surface area contributed by atoms with Crippen LogP contribution in [-0.4, -0.2) is 35.5 Å². The van der Waals surface area contributed by atoms with Crippen molar-refractivity contribution in [2.75, 3.05) is 13.2 Å². The molecule has 6 nitrogen and oxygen atoms in total. The molecule has 2 rings (SSSR count). The summed E-state index contributed by atoms with van der Waals surface area (Å²) in [6, 6.07) is 6.96. The summed E-state index contributed by atoms with van der Waals surface area (Å²) in [6.07, 6.45) is 1.63. The van der Waals surface area contributed by atoms with Crippen LogP contribution in [0.2, 0.25) is 5.02 Å². The van der Waals surface area contributed by atoms with Crippen molar-refractivity contribution in [1.29, 1.82) is 0 Å². The number of amides is 2. The first-order valence-corrected chi connectivity index (χ1v) is 7.88. The minimum absolute atomic E-state index is 0.0981. The lowest BCUT2D eigenvalue weighted by Crippen LogP contribution is -2.46. The predicted molar refractivity (Wildman–Crippen MR) is 93.2 cm³/mol. The first kappa shape index (κ1) is 18.0. The Morgan fingerprint density at radius 1 is 1.21 bits per heavy atom. The maximum Gasteiger partial charge on any atom is 0.258 e. The molecule has 24 heavy (non-hydrogen) atoms. The molecule has 1 heterocycles. The zero-order valence-electron chi connectivity index (χ0n) is 13.9. The lowest BCUT2D eigenvalue weighted by Gasteiger charge is -2.20. The molecule has 0 radical (unpaired) electrons. The Morgan fingerprint density at radius 2 is 1.96 bits per heavy atom. The zero-order valence-corrected chi connectivity index (χ0v) is 14.6. The second-order valence-electron chi connectivity index (χ2n) is 6.31. The minimum Gasteiger partial charge on any atom is -0.481 e. The average Bonchev–Trinajstić information content (AvgIpc) is 2.51. The molecular formula is C17H20ClN3O3. The third-order valence-corrected chi connectivity index (χ3v) is 3.33. The van der Waals surface area contributed by atoms with E-state index in [1.54, 1.807) is 24.4 Å². The summed E-state index contributed by atoms with van der Waals surface area (Å²) in [5.74, 6) is -0.183. The number of carbonyl (C=O) groups excluding carboxylic acids is 2. The predicted octanol–water partition coefficient (Wildman–Crippen LogP) is 2.30. The molecule has 1 aromatic heterocycles. The van der Waals surface area contributed by atoms with Crippen molar-refractivity contribution in [2.45, 2.75) is 26.3 Å². The van der Waals surface area contributed by atoms with Gasteiger partial charge in [0.2, 0.25) is 5.91 Å². The second kappa shape index (κ2) is 7.49. The van der Waals surface area contributed by atoms with Crippen LogP contribution in [0.15, 0.2) is 30.5 Å². The van der Waals surface area contributed by atoms with E-state index in [0.717, 1.165) is 5.39 Å². The molecule has 0 spiro atoms. The van der Waals surface area contributed by atoms with E-state index in [-0.39, 0.29) is 24.6 Å². The fraction of sp³-hybridized carbons (Fsp3) is 0.353. The molecule has 1 aromatic carbocycles. The summed E-state index contributed by atoms with van der Waals surface area (Å²) >= 11 is 6.11. The van der Waals surface area contributed by atoms with Crippen molar-refractivity contribution < 1.29 is 14.3 Å². The summed E-state index contributed by atoms with van der Waals surface area (Å²) < 4.78 is 5.50. The van der Waals surface area contributed by atoms with Crippen LogP contribution in [0.3, 0.4) is 0 Å². The molecule has 0 bridgehead atoms. The van der Waals surface area contributed by atoms with E-state index in [0.29, 0.717) is 16.3 Å². The van der Waals surface area contributed by atoms with Gasteiger partial charge in [-0.2, -0.15) is 0 Å². The lowest BCUT2D eigenvalue weighted by atomic mass is 10.1. The quantitative estimate of drug-likeness (QED) is 0.868. The zero-order chi connectivity index (χ0) is 17.7. The number of aromatic nitrogens is 1. The summed E-state index contributed by atoms with van der Waals surface area (Å²) in [5.41, 5.74) is 0.245. The van der Waals surface area contributed by atoms with Crippen LogP contribution in [0.1, 0.15) is 20.8 Å². The van der Waals surface area contributed by atoms with Crippen molar-refractivity contribution >= 4 is 34.3 Å². The molecule has 0 aliphatic carbocycles. The van der Waals surface area contributed by atoms with Gasteiger partial charge in [-0.3, -0.25) is 14.6 Å². The van der Waals surface area contributed by atoms with Crippen molar-refractivity contribution in [1.82, 2.24) is 15.6 Å². The Bertz CT molecular complexity index is 756. The standard InChI is InChI=1S/C17H20ClN3O3/c1-17(2,3)21-14(22)9-20-15(23)10-24-13-7-6-12(18)11-5-4-8-19-16(11)13/h4-8H,9-10H2,1-3H3,(H,20,23)(H,21,22). The van der Waals surface area contributed by atoms with Crippen molar-refractivity contribution in [3.8, 4) is 5.75 Å². The molecule has 128 valence electrons. The molecule has 7 heteroatoms. The van der Waals surface area contributed by atoms with Gasteiger partial charge in [-0.15, -0.1) is 0 Å². The highest BCUT2D eigenvalue weighted by molar-refractivity contribution is 6.35. The van der Waals surface area contributed by atoms with Gasteiger partial charge in [-0.1, -0.05) is 11.6 Å². The number of hydrogen-bond donors (Lipinski definition) is 2. The Hall–Kier alpha value is -2.34. The van der Waals surface area contributed by atoms with Gasteiger partial charge in [0.25, 0.3) is 5.91 Å². The van der Waals surface area contributed by atoms with Gasteiger partial charge < -0.3 is 15.4 Å². The van der Waals surface area contributed by atoms with Crippen LogP contribution in [0.4, 0.5) is 0 Å². The topological polar surface area (TPSA) is 80.3 Å². The smallest absolute Gasteiger partial charge is 0.258 e. The number of nitrogens with one attached hydrogen (secondary N) is 2. The third-order valence-electron chi connectivity index (χ3n) is 3.00. The number of ether oxygens (including phenoxy) is 1. The highest BCUT2D eigenvalue weighted by Crippen LogP contribution is 2.29. The van der Waals surface area contributed by atoms with Crippen LogP contribution in [0, 0.1) is 0 Å². The van der Waals surface area contributed by atoms with Gasteiger partial charge in [-0.25, -0.2) is 0 Å². The largest absolute Gasteiger partial charge is 0.481 e. The first-order chi connectivity index (χ1) is 11.3. The van der Waals surface area contributed by atoms with Crippen LogP contribution >= 0.6 is 11.6 Å². The maximum atomic E-state index is 11.8. The Balaban J connectivity index is 1.91. The molecule has 0 aliphatic heterocycles. The maximum absolute atomic E-state index is 11.8. The molecule has 2 aromatic rings. The van der Waals surface area contributed by atoms with Gasteiger partial charge in [0, 0.05) is 17.1 Å². The number of hydrogen-bond acceptors (Lipinski definition) is 4. The van der Waals surface area contributed by atoms with Gasteiger partial charge in [-0.05, 0) is 45.0 Å². The summed E-state index contributed by atoms with van der Waals surface area (Å²) in [7, 11) is 0. The SMILES string of the molecule is CC(C)(C)NC(=O)CNC(=O)COc1ccc(Cl)c2cccnc12. The second-order valence-corrected chi connectivity index (χ2v) is 6.72. The molecule has 2 N–H and O–H groups in total. The normalized spacial score (nSPS) is 11.2. The van der Waals surface area contributed by atoms with Crippen molar-refractivity contribution in [3.05, 3.63) is 35.5 Å². The molecule has 0 unspecified atom stereocenters. The third kappa shape index (κ3) is 5.09. The fourth-order valence-corrected chi connectivity index (χ4v) is 2.28. The van der Waals surface area contributed by atoms with Crippen LogP contribution < -0.4 is 15.4 Å². The van der Waals surface area contributed by atoms with Gasteiger partial charge >= 0.3 is 0 Å². The Morgan fingerprint density at radius 3 is 2.67 bits per heavy atom. The molecule has 0 fully saturated rings. The molecule has 0 saturated heterocycles. The fourth-order valence-electron chi connectivity index (χ4n) is 2.06. The average molecular weight is 350 g/mol. The number of pyridine rings is 1. The number of halogens is 1. The van der Waals surface area contributed by atoms with Crippen LogP contribution in [0.5, 0.6) is 5.75 Å². The number of nitrogens with zero attached hydrogens (tertiary/aromatic N) is 1. The molecule has 2 amide bonds. The van der Waals surface area contributed by atoms with Gasteiger partial charge in [0.15, 0.2) is 6.61 Å². The number of fused-ring (bicyclic) bond motifs is 1. The lowest BCUT2D eigenvalue weighted by molar-refractivity contribution is -0.127. The summed E-state index contributed by atoms with van der Waals surface area (Å²) in [6.45, 7) is 5.30. The van der Waals surface area contributed by atoms with E-state index < -0.39 is 5.91 Å². The van der Waals surface area contributed by atoms with Crippen LogP contribution in [0.25, 0.3) is 10.9 Å². The minimum atomic E-state index is -0.391. The van der Waals surface area contributed by atoms with E-state index in [9.17, 15) is 9.59 Å². The Labute approximate surface area is 145 Å². The highest BCUT2D eigenvalue weighted by Gasteiger charge is 2.14.